The number of thiocarbonyl (C=S) groups is 1. The Bertz CT molecular complexity index is 467. The van der Waals surface area contributed by atoms with Gasteiger partial charge in [0.25, 0.3) is 0 Å². The van der Waals surface area contributed by atoms with E-state index in [2.05, 4.69) is 36.0 Å². The zero-order chi connectivity index (χ0) is 15.7. The van der Waals surface area contributed by atoms with E-state index in [0.717, 1.165) is 43.9 Å². The summed E-state index contributed by atoms with van der Waals surface area (Å²) in [4.78, 5) is 6.86. The number of anilines is 1. The van der Waals surface area contributed by atoms with Crippen molar-refractivity contribution in [3.63, 3.8) is 0 Å². The highest BCUT2D eigenvalue weighted by atomic mass is 35.5. The van der Waals surface area contributed by atoms with Crippen LogP contribution in [-0.4, -0.2) is 28.9 Å². The van der Waals surface area contributed by atoms with Gasteiger partial charge in [0.05, 0.1) is 0 Å². The van der Waals surface area contributed by atoms with Crippen molar-refractivity contribution in [2.24, 2.45) is 4.99 Å². The van der Waals surface area contributed by atoms with E-state index in [1.165, 1.54) is 0 Å². The quantitative estimate of drug-likeness (QED) is 0.454. The van der Waals surface area contributed by atoms with Crippen LogP contribution in [0.1, 0.15) is 40.0 Å². The molecule has 0 unspecified atom stereocenters. The summed E-state index contributed by atoms with van der Waals surface area (Å²) in [6.07, 6.45) is 3.23. The summed E-state index contributed by atoms with van der Waals surface area (Å²) in [6, 6.07) is 7.46. The fourth-order valence-electron chi connectivity index (χ4n) is 2.01. The third kappa shape index (κ3) is 6.44. The minimum absolute atomic E-state index is 0.496. The molecule has 1 N–H and O–H groups in total. The normalized spacial score (nSPS) is 11.3. The summed E-state index contributed by atoms with van der Waals surface area (Å²) < 4.78 is 0. The Hall–Kier alpha value is -1.13. The number of aliphatic imine (C=N–C) groups is 1. The highest BCUT2D eigenvalue weighted by Crippen LogP contribution is 2.14. The molecule has 1 aromatic rings. The molecule has 0 saturated carbocycles. The number of hydrogen-bond acceptors (Lipinski definition) is 1. The van der Waals surface area contributed by atoms with E-state index in [1.54, 1.807) is 0 Å². The summed E-state index contributed by atoms with van der Waals surface area (Å²) in [6.45, 7) is 8.36. The van der Waals surface area contributed by atoms with Crippen molar-refractivity contribution in [2.75, 3.05) is 18.4 Å². The molecular weight excluding hydrogens is 302 g/mol. The van der Waals surface area contributed by atoms with Crippen LogP contribution in [0.2, 0.25) is 5.02 Å². The van der Waals surface area contributed by atoms with Gasteiger partial charge in [-0.15, -0.1) is 0 Å². The lowest BCUT2D eigenvalue weighted by atomic mass is 10.2. The minimum Gasteiger partial charge on any atom is -0.361 e. The van der Waals surface area contributed by atoms with E-state index in [0.29, 0.717) is 10.1 Å². The zero-order valence-electron chi connectivity index (χ0n) is 13.0. The fourth-order valence-corrected chi connectivity index (χ4v) is 2.36. The third-order valence-electron chi connectivity index (χ3n) is 3.21. The van der Waals surface area contributed by atoms with Crippen molar-refractivity contribution < 1.29 is 0 Å². The fraction of sp³-hybridized carbons (Fsp3) is 0.500. The van der Waals surface area contributed by atoms with Crippen molar-refractivity contribution in [3.05, 3.63) is 29.3 Å². The Morgan fingerprint density at radius 2 is 1.81 bits per heavy atom. The summed E-state index contributed by atoms with van der Waals surface area (Å²) in [7, 11) is 0. The van der Waals surface area contributed by atoms with Gasteiger partial charge in [-0.25, -0.2) is 4.99 Å². The van der Waals surface area contributed by atoms with Crippen molar-refractivity contribution >= 4 is 40.5 Å². The molecule has 0 aliphatic rings. The molecule has 5 heteroatoms. The van der Waals surface area contributed by atoms with Crippen LogP contribution in [0.5, 0.6) is 0 Å². The molecule has 1 aromatic carbocycles. The molecule has 0 spiro atoms. The van der Waals surface area contributed by atoms with Gasteiger partial charge in [-0.05, 0) is 56.8 Å². The van der Waals surface area contributed by atoms with Gasteiger partial charge in [0, 0.05) is 30.2 Å². The highest BCUT2D eigenvalue weighted by molar-refractivity contribution is 7.80. The maximum atomic E-state index is 5.87. The van der Waals surface area contributed by atoms with Crippen LogP contribution >= 0.6 is 23.8 Å². The van der Waals surface area contributed by atoms with Gasteiger partial charge in [-0.1, -0.05) is 24.9 Å². The van der Waals surface area contributed by atoms with Gasteiger partial charge >= 0.3 is 0 Å². The van der Waals surface area contributed by atoms with E-state index >= 15 is 0 Å². The molecule has 3 nitrogen and oxygen atoms in total. The lowest BCUT2D eigenvalue weighted by Gasteiger charge is -2.23. The van der Waals surface area contributed by atoms with Crippen molar-refractivity contribution in [1.29, 1.82) is 0 Å². The van der Waals surface area contributed by atoms with Crippen molar-refractivity contribution in [3.8, 4) is 0 Å². The van der Waals surface area contributed by atoms with Crippen molar-refractivity contribution in [2.45, 2.75) is 40.0 Å². The lowest BCUT2D eigenvalue weighted by molar-refractivity contribution is 0.453. The van der Waals surface area contributed by atoms with Gasteiger partial charge in [-0.2, -0.15) is 0 Å². The number of unbranched alkanes of at least 4 members (excludes halogenated alkanes) is 1. The number of hydrogen-bond donors (Lipinski definition) is 1. The smallest absolute Gasteiger partial charge is 0.198 e. The van der Waals surface area contributed by atoms with E-state index in [1.807, 2.05) is 24.3 Å². The summed E-state index contributed by atoms with van der Waals surface area (Å²) in [5, 5.41) is 4.34. The Labute approximate surface area is 138 Å². The summed E-state index contributed by atoms with van der Waals surface area (Å²) >= 11 is 11.2. The van der Waals surface area contributed by atoms with Gasteiger partial charge in [0.15, 0.2) is 5.11 Å². The standard InChI is InChI=1S/C16H24ClN3S/c1-4-7-8-15(20(5-2)6-3)19-16(21)18-14-11-9-13(17)10-12-14/h9-12H,4-8H2,1-3H3,(H,18,21)/b19-15-. The molecule has 0 radical (unpaired) electrons. The average molecular weight is 326 g/mol. The van der Waals surface area contributed by atoms with Crippen LogP contribution in [0.4, 0.5) is 5.69 Å². The molecule has 0 fully saturated rings. The Morgan fingerprint density at radius 3 is 2.33 bits per heavy atom. The number of nitrogens with zero attached hydrogens (tertiary/aromatic N) is 2. The molecule has 0 aliphatic heterocycles. The maximum Gasteiger partial charge on any atom is 0.198 e. The predicted octanol–water partition coefficient (Wildman–Crippen LogP) is 4.97. The second-order valence-corrected chi connectivity index (χ2v) is 5.56. The largest absolute Gasteiger partial charge is 0.361 e. The summed E-state index contributed by atoms with van der Waals surface area (Å²) in [5.41, 5.74) is 0.905. The molecular formula is C16H24ClN3S. The molecule has 116 valence electrons. The van der Waals surface area contributed by atoms with Gasteiger partial charge in [0.1, 0.15) is 5.84 Å². The number of rotatable bonds is 6. The predicted molar refractivity (Wildman–Crippen MR) is 97.6 cm³/mol. The molecule has 21 heavy (non-hydrogen) atoms. The number of nitrogens with one attached hydrogen (secondary N) is 1. The molecule has 0 heterocycles. The molecule has 1 rings (SSSR count). The van der Waals surface area contributed by atoms with Crippen LogP contribution in [-0.2, 0) is 0 Å². The average Bonchev–Trinajstić information content (AvgIpc) is 2.48. The topological polar surface area (TPSA) is 27.6 Å². The first-order valence-corrected chi connectivity index (χ1v) is 8.28. The highest BCUT2D eigenvalue weighted by Gasteiger charge is 2.08. The van der Waals surface area contributed by atoms with Gasteiger partial charge in [-0.3, -0.25) is 0 Å². The molecule has 0 atom stereocenters. The third-order valence-corrected chi connectivity index (χ3v) is 3.65. The monoisotopic (exact) mass is 325 g/mol. The van der Waals surface area contributed by atoms with E-state index < -0.39 is 0 Å². The van der Waals surface area contributed by atoms with Crippen LogP contribution in [0, 0.1) is 0 Å². The van der Waals surface area contributed by atoms with E-state index in [-0.39, 0.29) is 0 Å². The first-order valence-electron chi connectivity index (χ1n) is 7.49. The van der Waals surface area contributed by atoms with Crippen molar-refractivity contribution in [1.82, 2.24) is 4.90 Å². The SMILES string of the molecule is CCCC/C(=N/C(=S)Nc1ccc(Cl)cc1)N(CC)CC. The lowest BCUT2D eigenvalue weighted by Crippen LogP contribution is -2.31. The number of halogens is 1. The van der Waals surface area contributed by atoms with E-state index in [9.17, 15) is 0 Å². The Kier molecular flexibility index (Phi) is 8.31. The Balaban J connectivity index is 2.77. The maximum absolute atomic E-state index is 5.87. The molecule has 0 amide bonds. The summed E-state index contributed by atoms with van der Waals surface area (Å²) in [5.74, 6) is 1.06. The number of amidine groups is 1. The zero-order valence-corrected chi connectivity index (χ0v) is 14.6. The molecule has 0 aliphatic carbocycles. The van der Waals surface area contributed by atoms with Gasteiger partial charge in [0.2, 0.25) is 0 Å². The van der Waals surface area contributed by atoms with Crippen LogP contribution in [0.25, 0.3) is 0 Å². The first kappa shape index (κ1) is 17.9. The minimum atomic E-state index is 0.496. The second-order valence-electron chi connectivity index (χ2n) is 4.74. The molecule has 0 aromatic heterocycles. The Morgan fingerprint density at radius 1 is 1.19 bits per heavy atom. The van der Waals surface area contributed by atoms with Crippen LogP contribution in [0.15, 0.2) is 29.3 Å². The second kappa shape index (κ2) is 9.74. The number of benzene rings is 1. The van der Waals surface area contributed by atoms with Crippen LogP contribution < -0.4 is 5.32 Å². The van der Waals surface area contributed by atoms with Gasteiger partial charge < -0.3 is 10.2 Å². The van der Waals surface area contributed by atoms with E-state index in [4.69, 9.17) is 23.8 Å². The molecule has 0 bridgehead atoms. The molecule has 0 saturated heterocycles. The van der Waals surface area contributed by atoms with Crippen LogP contribution in [0.3, 0.4) is 0 Å². The first-order chi connectivity index (χ1) is 10.1.